The van der Waals surface area contributed by atoms with Gasteiger partial charge in [-0.3, -0.25) is 9.78 Å². The Hall–Kier alpha value is -1.51. The van der Waals surface area contributed by atoms with Gasteiger partial charge in [0.05, 0.1) is 6.20 Å². The van der Waals surface area contributed by atoms with Crippen LogP contribution < -0.4 is 0 Å². The van der Waals surface area contributed by atoms with Gasteiger partial charge in [0.15, 0.2) is 5.78 Å². The van der Waals surface area contributed by atoms with Crippen LogP contribution in [0.15, 0.2) is 24.5 Å². The van der Waals surface area contributed by atoms with Crippen molar-refractivity contribution < 1.29 is 9.18 Å². The molecule has 0 atom stereocenters. The van der Waals surface area contributed by atoms with E-state index in [4.69, 9.17) is 0 Å². The number of halogens is 1. The van der Waals surface area contributed by atoms with Gasteiger partial charge >= 0.3 is 0 Å². The van der Waals surface area contributed by atoms with E-state index in [-0.39, 0.29) is 11.6 Å². The van der Waals surface area contributed by atoms with Gasteiger partial charge in [0.1, 0.15) is 5.82 Å². The lowest BCUT2D eigenvalue weighted by molar-refractivity contribution is -0.114. The summed E-state index contributed by atoms with van der Waals surface area (Å²) >= 11 is 0. The summed E-state index contributed by atoms with van der Waals surface area (Å²) in [6, 6.07) is 1.41. The highest BCUT2D eigenvalue weighted by Gasteiger charge is 2.11. The molecule has 1 heterocycles. The van der Waals surface area contributed by atoms with Gasteiger partial charge in [0.25, 0.3) is 0 Å². The first-order chi connectivity index (χ1) is 6.75. The summed E-state index contributed by atoms with van der Waals surface area (Å²) in [5, 5.41) is 0. The molecule has 0 bridgehead atoms. The molecule has 0 unspecified atom stereocenters. The minimum atomic E-state index is -0.360. The molecule has 2 rings (SSSR count). The smallest absolute Gasteiger partial charge is 0.155 e. The zero-order chi connectivity index (χ0) is 9.97. The number of ketones is 1. The van der Waals surface area contributed by atoms with Gasteiger partial charge in [0, 0.05) is 12.6 Å². The number of aromatic nitrogens is 1. The molecule has 1 aromatic heterocycles. The number of nitrogens with zero attached hydrogens (tertiary/aromatic N) is 1. The molecule has 0 fully saturated rings. The van der Waals surface area contributed by atoms with Crippen molar-refractivity contribution in [3.05, 3.63) is 35.9 Å². The Balaban J connectivity index is 2.35. The summed E-state index contributed by atoms with van der Waals surface area (Å²) in [6.07, 6.45) is 6.63. The van der Waals surface area contributed by atoms with Gasteiger partial charge in [-0.2, -0.15) is 0 Å². The molecule has 3 heteroatoms. The molecule has 1 aliphatic carbocycles. The second-order valence-electron chi connectivity index (χ2n) is 3.38. The first kappa shape index (κ1) is 9.06. The first-order valence-electron chi connectivity index (χ1n) is 4.60. The van der Waals surface area contributed by atoms with Crippen LogP contribution in [0.1, 0.15) is 24.8 Å². The number of rotatable bonds is 1. The number of carbonyl (C=O) groups is 1. The lowest BCUT2D eigenvalue weighted by Crippen LogP contribution is -2.02. The normalized spacial score (nSPS) is 16.6. The van der Waals surface area contributed by atoms with Crippen LogP contribution in [0.5, 0.6) is 0 Å². The van der Waals surface area contributed by atoms with Crippen LogP contribution in [-0.2, 0) is 4.79 Å². The Morgan fingerprint density at radius 2 is 2.14 bits per heavy atom. The van der Waals surface area contributed by atoms with Crippen LogP contribution in [0, 0.1) is 5.82 Å². The summed E-state index contributed by atoms with van der Waals surface area (Å²) in [7, 11) is 0. The zero-order valence-corrected chi connectivity index (χ0v) is 7.66. The topological polar surface area (TPSA) is 30.0 Å². The van der Waals surface area contributed by atoms with Crippen molar-refractivity contribution in [1.82, 2.24) is 4.98 Å². The minimum Gasteiger partial charge on any atom is -0.295 e. The molecule has 1 aliphatic rings. The second-order valence-corrected chi connectivity index (χ2v) is 3.38. The van der Waals surface area contributed by atoms with Gasteiger partial charge < -0.3 is 0 Å². The molecule has 2 nitrogen and oxygen atoms in total. The highest BCUT2D eigenvalue weighted by Crippen LogP contribution is 2.24. The fourth-order valence-corrected chi connectivity index (χ4v) is 1.61. The van der Waals surface area contributed by atoms with Crippen LogP contribution in [0.3, 0.4) is 0 Å². The molecule has 0 radical (unpaired) electrons. The molecule has 0 saturated carbocycles. The van der Waals surface area contributed by atoms with Crippen LogP contribution in [-0.4, -0.2) is 10.8 Å². The van der Waals surface area contributed by atoms with E-state index in [0.717, 1.165) is 30.2 Å². The minimum absolute atomic E-state index is 0.121. The lowest BCUT2D eigenvalue weighted by atomic mass is 9.94. The fourth-order valence-electron chi connectivity index (χ4n) is 1.61. The van der Waals surface area contributed by atoms with Crippen molar-refractivity contribution >= 4 is 11.4 Å². The van der Waals surface area contributed by atoms with Crippen molar-refractivity contribution in [1.29, 1.82) is 0 Å². The average molecular weight is 191 g/mol. The van der Waals surface area contributed by atoms with Crippen molar-refractivity contribution in [2.75, 3.05) is 0 Å². The van der Waals surface area contributed by atoms with Crippen LogP contribution in [0.4, 0.5) is 4.39 Å². The molecule has 0 aromatic carbocycles. The van der Waals surface area contributed by atoms with E-state index in [2.05, 4.69) is 4.98 Å². The van der Waals surface area contributed by atoms with E-state index in [1.807, 2.05) is 0 Å². The van der Waals surface area contributed by atoms with E-state index in [0.29, 0.717) is 6.42 Å². The average Bonchev–Trinajstić information content (AvgIpc) is 2.18. The van der Waals surface area contributed by atoms with Crippen LogP contribution in [0.2, 0.25) is 0 Å². The van der Waals surface area contributed by atoms with Crippen molar-refractivity contribution in [3.8, 4) is 0 Å². The van der Waals surface area contributed by atoms with Crippen molar-refractivity contribution in [3.63, 3.8) is 0 Å². The number of pyridine rings is 1. The molecular weight excluding hydrogens is 181 g/mol. The summed E-state index contributed by atoms with van der Waals surface area (Å²) in [5.74, 6) is -0.239. The highest BCUT2D eigenvalue weighted by atomic mass is 19.1. The molecule has 1 aromatic rings. The molecular formula is C11H10FNO. The van der Waals surface area contributed by atoms with E-state index in [1.165, 1.54) is 6.07 Å². The van der Waals surface area contributed by atoms with Crippen molar-refractivity contribution in [2.45, 2.75) is 19.3 Å². The predicted octanol–water partition coefficient (Wildman–Crippen LogP) is 2.36. The first-order valence-corrected chi connectivity index (χ1v) is 4.60. The SMILES string of the molecule is O=C1C=C(c2cncc(F)c2)CCC1. The third-order valence-electron chi connectivity index (χ3n) is 2.28. The van der Waals surface area contributed by atoms with Gasteiger partial charge in [-0.15, -0.1) is 0 Å². The van der Waals surface area contributed by atoms with E-state index in [1.54, 1.807) is 12.3 Å². The number of allylic oxidation sites excluding steroid dienone is 2. The summed E-state index contributed by atoms with van der Waals surface area (Å²) in [4.78, 5) is 14.9. The number of hydrogen-bond acceptors (Lipinski definition) is 2. The Kier molecular flexibility index (Phi) is 2.39. The van der Waals surface area contributed by atoms with Crippen LogP contribution >= 0.6 is 0 Å². The van der Waals surface area contributed by atoms with Gasteiger partial charge in [-0.25, -0.2) is 4.39 Å². The Bertz CT molecular complexity index is 398. The molecule has 0 aliphatic heterocycles. The number of hydrogen-bond donors (Lipinski definition) is 0. The van der Waals surface area contributed by atoms with Crippen LogP contribution in [0.25, 0.3) is 5.57 Å². The zero-order valence-electron chi connectivity index (χ0n) is 7.66. The van der Waals surface area contributed by atoms with E-state index >= 15 is 0 Å². The third-order valence-corrected chi connectivity index (χ3v) is 2.28. The Morgan fingerprint density at radius 3 is 2.86 bits per heavy atom. The van der Waals surface area contributed by atoms with E-state index < -0.39 is 0 Å². The molecule has 72 valence electrons. The van der Waals surface area contributed by atoms with Gasteiger partial charge in [0.2, 0.25) is 0 Å². The van der Waals surface area contributed by atoms with Crippen molar-refractivity contribution in [2.24, 2.45) is 0 Å². The van der Waals surface area contributed by atoms with E-state index in [9.17, 15) is 9.18 Å². The fraction of sp³-hybridized carbons (Fsp3) is 0.273. The summed E-state index contributed by atoms with van der Waals surface area (Å²) < 4.78 is 12.8. The second kappa shape index (κ2) is 3.70. The number of carbonyl (C=O) groups excluding carboxylic acids is 1. The highest BCUT2D eigenvalue weighted by molar-refractivity contribution is 5.98. The standard InChI is InChI=1S/C11H10FNO/c12-10-4-9(6-13-7-10)8-2-1-3-11(14)5-8/h4-7H,1-3H2. The molecule has 0 amide bonds. The molecule has 0 saturated heterocycles. The third kappa shape index (κ3) is 1.87. The summed E-state index contributed by atoms with van der Waals surface area (Å²) in [6.45, 7) is 0. The molecule has 14 heavy (non-hydrogen) atoms. The maximum atomic E-state index is 12.8. The molecule has 0 spiro atoms. The Labute approximate surface area is 81.5 Å². The lowest BCUT2D eigenvalue weighted by Gasteiger charge is -2.11. The Morgan fingerprint density at radius 1 is 1.29 bits per heavy atom. The maximum absolute atomic E-state index is 12.8. The monoisotopic (exact) mass is 191 g/mol. The van der Waals surface area contributed by atoms with Gasteiger partial charge in [-0.05, 0) is 36.1 Å². The molecule has 0 N–H and O–H groups in total. The van der Waals surface area contributed by atoms with Gasteiger partial charge in [-0.1, -0.05) is 0 Å². The summed E-state index contributed by atoms with van der Waals surface area (Å²) in [5.41, 5.74) is 1.62. The maximum Gasteiger partial charge on any atom is 0.155 e. The quantitative estimate of drug-likeness (QED) is 0.682. The predicted molar refractivity (Wildman–Crippen MR) is 51.0 cm³/mol. The largest absolute Gasteiger partial charge is 0.295 e.